The van der Waals surface area contributed by atoms with E-state index in [0.717, 1.165) is 57.6 Å². The number of nitrogens with zero attached hydrogens (tertiary/aromatic N) is 2. The maximum Gasteiger partial charge on any atom is 0.289 e. The second-order valence-electron chi connectivity index (χ2n) is 7.95. The summed E-state index contributed by atoms with van der Waals surface area (Å²) in [5.74, 6) is 2.26. The van der Waals surface area contributed by atoms with Crippen molar-refractivity contribution in [3.05, 3.63) is 35.8 Å². The quantitative estimate of drug-likeness (QED) is 0.820. The van der Waals surface area contributed by atoms with Gasteiger partial charge in [0.15, 0.2) is 5.76 Å². The average Bonchev–Trinajstić information content (AvgIpc) is 3.09. The van der Waals surface area contributed by atoms with Crippen molar-refractivity contribution in [2.75, 3.05) is 32.8 Å². The van der Waals surface area contributed by atoms with Crippen LogP contribution in [0.25, 0.3) is 0 Å². The number of carbonyl (C=O) groups excluding carboxylic acids is 1. The first-order valence-electron chi connectivity index (χ1n) is 9.85. The summed E-state index contributed by atoms with van der Waals surface area (Å²) >= 11 is 0. The van der Waals surface area contributed by atoms with Crippen LogP contribution >= 0.6 is 0 Å². The molecule has 1 amide bonds. The molecule has 0 aliphatic carbocycles. The van der Waals surface area contributed by atoms with Gasteiger partial charge in [0, 0.05) is 19.1 Å². The number of rotatable bonds is 5. The van der Waals surface area contributed by atoms with Gasteiger partial charge < -0.3 is 14.4 Å². The van der Waals surface area contributed by atoms with Crippen molar-refractivity contribution in [2.24, 2.45) is 11.8 Å². The normalized spacial score (nSPS) is 21.7. The minimum Gasteiger partial charge on any atom is -0.456 e. The van der Waals surface area contributed by atoms with Crippen molar-refractivity contribution in [1.82, 2.24) is 9.80 Å². The molecule has 1 unspecified atom stereocenters. The zero-order valence-corrected chi connectivity index (χ0v) is 16.1. The van der Waals surface area contributed by atoms with Gasteiger partial charge in [-0.2, -0.15) is 0 Å². The minimum absolute atomic E-state index is 0.0145. The molecule has 26 heavy (non-hydrogen) atoms. The van der Waals surface area contributed by atoms with Crippen molar-refractivity contribution in [3.63, 3.8) is 0 Å². The Bertz CT molecular complexity index is 623. The highest BCUT2D eigenvalue weighted by atomic mass is 16.3. The molecule has 3 rings (SSSR count). The fourth-order valence-electron chi connectivity index (χ4n) is 4.48. The number of aliphatic hydroxyl groups excluding tert-OH is 1. The molecule has 5 heteroatoms. The van der Waals surface area contributed by atoms with Gasteiger partial charge in [0.05, 0.1) is 6.61 Å². The van der Waals surface area contributed by atoms with Gasteiger partial charge in [-0.15, -0.1) is 0 Å². The van der Waals surface area contributed by atoms with Crippen LogP contribution in [0.2, 0.25) is 0 Å². The highest BCUT2D eigenvalue weighted by molar-refractivity contribution is 5.91. The summed E-state index contributed by atoms with van der Waals surface area (Å²) in [7, 11) is 0. The summed E-state index contributed by atoms with van der Waals surface area (Å²) in [6, 6.07) is 3.80. The van der Waals surface area contributed by atoms with Crippen LogP contribution in [0.5, 0.6) is 0 Å². The maximum absolute atomic E-state index is 12.5. The molecule has 3 heterocycles. The molecule has 1 atom stereocenters. The summed E-state index contributed by atoms with van der Waals surface area (Å²) in [4.78, 5) is 16.9. The Hall–Kier alpha value is -1.59. The summed E-state index contributed by atoms with van der Waals surface area (Å²) in [5.41, 5.74) is 1.28. The summed E-state index contributed by atoms with van der Waals surface area (Å²) < 4.78 is 5.47. The first-order chi connectivity index (χ1) is 12.5. The van der Waals surface area contributed by atoms with Gasteiger partial charge >= 0.3 is 0 Å². The van der Waals surface area contributed by atoms with E-state index in [9.17, 15) is 9.90 Å². The third kappa shape index (κ3) is 4.21. The topological polar surface area (TPSA) is 56.9 Å². The van der Waals surface area contributed by atoms with Crippen LogP contribution in [0, 0.1) is 18.8 Å². The zero-order chi connectivity index (χ0) is 18.7. The number of hydrogen-bond donors (Lipinski definition) is 1. The molecule has 1 N–H and O–H groups in total. The van der Waals surface area contributed by atoms with Crippen LogP contribution in [0.15, 0.2) is 28.7 Å². The van der Waals surface area contributed by atoms with E-state index in [4.69, 9.17) is 4.42 Å². The molecule has 2 aliphatic rings. The molecule has 0 bridgehead atoms. The molecule has 0 saturated carbocycles. The lowest BCUT2D eigenvalue weighted by atomic mass is 9.85. The van der Waals surface area contributed by atoms with Crippen molar-refractivity contribution in [3.8, 4) is 0 Å². The number of allylic oxidation sites excluding steroid dienone is 1. The van der Waals surface area contributed by atoms with Crippen LogP contribution in [-0.2, 0) is 0 Å². The summed E-state index contributed by atoms with van der Waals surface area (Å²) in [5, 5.41) is 10.0. The fraction of sp³-hybridized carbons (Fsp3) is 0.667. The number of aryl methyl sites for hydroxylation is 1. The van der Waals surface area contributed by atoms with Crippen LogP contribution in [-0.4, -0.2) is 59.6 Å². The van der Waals surface area contributed by atoms with E-state index in [1.165, 1.54) is 5.57 Å². The number of furan rings is 1. The van der Waals surface area contributed by atoms with E-state index < -0.39 is 0 Å². The lowest BCUT2D eigenvalue weighted by molar-refractivity contribution is 0.0278. The fourth-order valence-corrected chi connectivity index (χ4v) is 4.48. The third-order valence-corrected chi connectivity index (χ3v) is 6.20. The van der Waals surface area contributed by atoms with Gasteiger partial charge in [0.1, 0.15) is 5.76 Å². The van der Waals surface area contributed by atoms with E-state index in [2.05, 4.69) is 18.4 Å². The Labute approximate surface area is 156 Å². The van der Waals surface area contributed by atoms with E-state index in [1.807, 2.05) is 17.9 Å². The van der Waals surface area contributed by atoms with Gasteiger partial charge in [0.2, 0.25) is 0 Å². The zero-order valence-electron chi connectivity index (χ0n) is 16.1. The Kier molecular flexibility index (Phi) is 6.20. The van der Waals surface area contributed by atoms with Crippen LogP contribution < -0.4 is 0 Å². The van der Waals surface area contributed by atoms with Gasteiger partial charge in [-0.1, -0.05) is 12.2 Å². The molecular weight excluding hydrogens is 328 g/mol. The number of aliphatic hydroxyl groups is 1. The predicted octanol–water partition coefficient (Wildman–Crippen LogP) is 3.09. The van der Waals surface area contributed by atoms with Gasteiger partial charge in [0.25, 0.3) is 5.91 Å². The monoisotopic (exact) mass is 360 g/mol. The number of hydrogen-bond acceptors (Lipinski definition) is 4. The smallest absolute Gasteiger partial charge is 0.289 e. The van der Waals surface area contributed by atoms with Crippen molar-refractivity contribution >= 4 is 5.91 Å². The maximum atomic E-state index is 12.5. The van der Waals surface area contributed by atoms with Crippen molar-refractivity contribution in [2.45, 2.75) is 45.6 Å². The average molecular weight is 360 g/mol. The Morgan fingerprint density at radius 1 is 1.23 bits per heavy atom. The highest BCUT2D eigenvalue weighted by Crippen LogP contribution is 2.30. The molecule has 0 aromatic carbocycles. The Morgan fingerprint density at radius 2 is 1.88 bits per heavy atom. The van der Waals surface area contributed by atoms with Crippen molar-refractivity contribution in [1.29, 1.82) is 0 Å². The molecule has 2 fully saturated rings. The van der Waals surface area contributed by atoms with Gasteiger partial charge in [-0.25, -0.2) is 0 Å². The first kappa shape index (κ1) is 19.2. The standard InChI is InChI=1S/C21H32N2O3/c1-15(2)17-6-10-22(11-7-17)19(14-24)18-8-12-23(13-9-18)21(25)20-5-4-16(3)26-20/h4-5,17-19,24H,1,6-14H2,2-3H3. The minimum atomic E-state index is -0.0145. The van der Waals surface area contributed by atoms with E-state index in [0.29, 0.717) is 17.6 Å². The molecule has 1 aromatic heterocycles. The number of amides is 1. The summed E-state index contributed by atoms with van der Waals surface area (Å²) in [6.45, 7) is 11.8. The molecule has 144 valence electrons. The third-order valence-electron chi connectivity index (χ3n) is 6.20. The predicted molar refractivity (Wildman–Crippen MR) is 102 cm³/mol. The molecule has 2 saturated heterocycles. The SMILES string of the molecule is C=C(C)C1CCN(C(CO)C2CCN(C(=O)c3ccc(C)o3)CC2)CC1. The van der Waals surface area contributed by atoms with E-state index >= 15 is 0 Å². The van der Waals surface area contributed by atoms with Crippen LogP contribution in [0.1, 0.15) is 48.9 Å². The molecule has 0 radical (unpaired) electrons. The molecule has 0 spiro atoms. The van der Waals surface area contributed by atoms with Crippen LogP contribution in [0.4, 0.5) is 0 Å². The lowest BCUT2D eigenvalue weighted by Gasteiger charge is -2.43. The summed E-state index contributed by atoms with van der Waals surface area (Å²) in [6.07, 6.45) is 4.16. The molecular formula is C21H32N2O3. The molecule has 1 aromatic rings. The van der Waals surface area contributed by atoms with Gasteiger partial charge in [-0.05, 0) is 76.6 Å². The van der Waals surface area contributed by atoms with E-state index in [1.54, 1.807) is 6.07 Å². The lowest BCUT2D eigenvalue weighted by Crippen LogP contribution is -2.50. The Morgan fingerprint density at radius 3 is 2.38 bits per heavy atom. The number of piperidine rings is 2. The second-order valence-corrected chi connectivity index (χ2v) is 7.95. The molecule has 2 aliphatic heterocycles. The number of carbonyl (C=O) groups is 1. The number of likely N-dealkylation sites (tertiary alicyclic amines) is 2. The van der Waals surface area contributed by atoms with Crippen molar-refractivity contribution < 1.29 is 14.3 Å². The molecule has 5 nitrogen and oxygen atoms in total. The Balaban J connectivity index is 1.53. The highest BCUT2D eigenvalue weighted by Gasteiger charge is 2.34. The van der Waals surface area contributed by atoms with E-state index in [-0.39, 0.29) is 18.6 Å². The second kappa shape index (κ2) is 8.40. The largest absolute Gasteiger partial charge is 0.456 e. The van der Waals surface area contributed by atoms with Gasteiger partial charge in [-0.3, -0.25) is 9.69 Å². The first-order valence-corrected chi connectivity index (χ1v) is 9.85. The van der Waals surface area contributed by atoms with Crippen LogP contribution in [0.3, 0.4) is 0 Å².